The minimum Gasteiger partial charge on any atom is -0.495 e. The molecule has 164 valence electrons. The van der Waals surface area contributed by atoms with Crippen molar-refractivity contribution >= 4 is 17.4 Å². The number of para-hydroxylation sites is 2. The number of carbonyl (C=O) groups excluding carboxylic acids is 2. The number of pyridine rings is 1. The molecule has 0 saturated heterocycles. The summed E-state index contributed by atoms with van der Waals surface area (Å²) in [5.74, 6) is -0.774. The molecule has 0 saturated carbocycles. The van der Waals surface area contributed by atoms with Gasteiger partial charge in [0.05, 0.1) is 12.8 Å². The van der Waals surface area contributed by atoms with E-state index in [4.69, 9.17) is 4.74 Å². The molecule has 32 heavy (non-hydrogen) atoms. The fraction of sp³-hybridized carbons (Fsp3) is 0.240. The number of rotatable bonds is 4. The Morgan fingerprint density at radius 1 is 1.06 bits per heavy atom. The Morgan fingerprint density at radius 2 is 1.75 bits per heavy atom. The SMILES string of the molecule is COc1ccccc1NC(=O)c1c2c(cn(-c3ccc(F)cc3)c1=O)C(=O)CC(C)(C)C2. The molecule has 0 aliphatic heterocycles. The van der Waals surface area contributed by atoms with E-state index in [0.717, 1.165) is 0 Å². The molecule has 0 fully saturated rings. The van der Waals surface area contributed by atoms with Crippen LogP contribution in [0.3, 0.4) is 0 Å². The minimum absolute atomic E-state index is 0.0983. The van der Waals surface area contributed by atoms with Gasteiger partial charge in [-0.1, -0.05) is 26.0 Å². The van der Waals surface area contributed by atoms with E-state index in [2.05, 4.69) is 5.32 Å². The number of nitrogens with zero attached hydrogens (tertiary/aromatic N) is 1. The Morgan fingerprint density at radius 3 is 2.44 bits per heavy atom. The Hall–Kier alpha value is -3.74. The molecule has 0 bridgehead atoms. The molecule has 1 heterocycles. The summed E-state index contributed by atoms with van der Waals surface area (Å²) in [7, 11) is 1.48. The van der Waals surface area contributed by atoms with E-state index in [0.29, 0.717) is 41.1 Å². The maximum atomic E-state index is 13.5. The van der Waals surface area contributed by atoms with Crippen molar-refractivity contribution in [3.8, 4) is 11.4 Å². The summed E-state index contributed by atoms with van der Waals surface area (Å²) in [5.41, 5.74) is 0.473. The normalized spacial score (nSPS) is 14.6. The summed E-state index contributed by atoms with van der Waals surface area (Å²) in [4.78, 5) is 39.8. The third kappa shape index (κ3) is 3.93. The molecule has 1 aliphatic rings. The van der Waals surface area contributed by atoms with Crippen LogP contribution < -0.4 is 15.6 Å². The van der Waals surface area contributed by atoms with E-state index in [9.17, 15) is 18.8 Å². The van der Waals surface area contributed by atoms with E-state index < -0.39 is 22.7 Å². The third-order valence-corrected chi connectivity index (χ3v) is 5.60. The predicted octanol–water partition coefficient (Wildman–Crippen LogP) is 4.39. The van der Waals surface area contributed by atoms with Gasteiger partial charge in [0.2, 0.25) is 0 Å². The van der Waals surface area contributed by atoms with Crippen LogP contribution in [0.5, 0.6) is 5.75 Å². The highest BCUT2D eigenvalue weighted by molar-refractivity contribution is 6.09. The van der Waals surface area contributed by atoms with Crippen LogP contribution in [0, 0.1) is 11.2 Å². The Kier molecular flexibility index (Phi) is 5.42. The molecule has 1 amide bonds. The molecular formula is C25H23FN2O4. The van der Waals surface area contributed by atoms with Gasteiger partial charge < -0.3 is 10.1 Å². The van der Waals surface area contributed by atoms with Gasteiger partial charge in [0.1, 0.15) is 17.1 Å². The van der Waals surface area contributed by atoms with Crippen molar-refractivity contribution in [3.05, 3.63) is 87.6 Å². The van der Waals surface area contributed by atoms with Crippen LogP contribution in [0.2, 0.25) is 0 Å². The molecule has 1 N–H and O–H groups in total. The lowest BCUT2D eigenvalue weighted by Gasteiger charge is -2.31. The number of benzene rings is 2. The first-order valence-corrected chi connectivity index (χ1v) is 10.2. The number of Topliss-reactive ketones (excluding diaryl/α,β-unsaturated/α-hetero) is 1. The Labute approximate surface area is 184 Å². The quantitative estimate of drug-likeness (QED) is 0.661. The van der Waals surface area contributed by atoms with Crippen LogP contribution in [-0.2, 0) is 6.42 Å². The van der Waals surface area contributed by atoms with E-state index in [1.165, 1.54) is 42.1 Å². The zero-order valence-electron chi connectivity index (χ0n) is 18.1. The molecule has 1 aromatic heterocycles. The number of ether oxygens (including phenoxy) is 1. The molecule has 0 atom stereocenters. The third-order valence-electron chi connectivity index (χ3n) is 5.60. The molecule has 2 aromatic carbocycles. The predicted molar refractivity (Wildman–Crippen MR) is 119 cm³/mol. The van der Waals surface area contributed by atoms with Gasteiger partial charge in [-0.25, -0.2) is 4.39 Å². The summed E-state index contributed by atoms with van der Waals surface area (Å²) < 4.78 is 19.9. The van der Waals surface area contributed by atoms with Crippen molar-refractivity contribution in [1.82, 2.24) is 4.57 Å². The van der Waals surface area contributed by atoms with Crippen LogP contribution in [0.4, 0.5) is 10.1 Å². The monoisotopic (exact) mass is 434 g/mol. The van der Waals surface area contributed by atoms with E-state index in [-0.39, 0.29) is 11.3 Å². The Bertz CT molecular complexity index is 1280. The van der Waals surface area contributed by atoms with Crippen LogP contribution in [0.1, 0.15) is 46.5 Å². The molecular weight excluding hydrogens is 411 g/mol. The zero-order valence-corrected chi connectivity index (χ0v) is 18.1. The second-order valence-electron chi connectivity index (χ2n) is 8.64. The fourth-order valence-electron chi connectivity index (χ4n) is 4.11. The number of amides is 1. The largest absolute Gasteiger partial charge is 0.495 e. The first kappa shape index (κ1) is 21.5. The van der Waals surface area contributed by atoms with Gasteiger partial charge in [-0.15, -0.1) is 0 Å². The number of aromatic nitrogens is 1. The lowest BCUT2D eigenvalue weighted by Crippen LogP contribution is -2.37. The molecule has 0 unspecified atom stereocenters. The number of hydrogen-bond acceptors (Lipinski definition) is 4. The van der Waals surface area contributed by atoms with E-state index in [1.54, 1.807) is 24.3 Å². The molecule has 7 heteroatoms. The zero-order chi connectivity index (χ0) is 23.0. The summed E-state index contributed by atoms with van der Waals surface area (Å²) >= 11 is 0. The number of nitrogens with one attached hydrogen (secondary N) is 1. The smallest absolute Gasteiger partial charge is 0.268 e. The van der Waals surface area contributed by atoms with Gasteiger partial charge in [-0.3, -0.25) is 19.0 Å². The molecule has 0 radical (unpaired) electrons. The number of halogens is 1. The Balaban J connectivity index is 1.91. The minimum atomic E-state index is -0.627. The van der Waals surface area contributed by atoms with Crippen LogP contribution in [0.15, 0.2) is 59.5 Å². The van der Waals surface area contributed by atoms with Gasteiger partial charge in [0.25, 0.3) is 11.5 Å². The summed E-state index contributed by atoms with van der Waals surface area (Å²) in [6.07, 6.45) is 2.17. The van der Waals surface area contributed by atoms with Gasteiger partial charge in [-0.2, -0.15) is 0 Å². The van der Waals surface area contributed by atoms with Crippen molar-refractivity contribution in [2.45, 2.75) is 26.7 Å². The molecule has 4 rings (SSSR count). The van der Waals surface area contributed by atoms with Crippen LogP contribution in [0.25, 0.3) is 5.69 Å². The fourth-order valence-corrected chi connectivity index (χ4v) is 4.11. The average Bonchev–Trinajstić information content (AvgIpc) is 2.74. The molecule has 3 aromatic rings. The van der Waals surface area contributed by atoms with Crippen molar-refractivity contribution < 1.29 is 18.7 Å². The second kappa shape index (κ2) is 8.07. The molecule has 6 nitrogen and oxygen atoms in total. The highest BCUT2D eigenvalue weighted by Gasteiger charge is 2.36. The number of fused-ring (bicyclic) bond motifs is 1. The van der Waals surface area contributed by atoms with Gasteiger partial charge in [0, 0.05) is 23.9 Å². The molecule has 0 spiro atoms. The summed E-state index contributed by atoms with van der Waals surface area (Å²) in [6, 6.07) is 12.2. The number of hydrogen-bond donors (Lipinski definition) is 1. The number of ketones is 1. The van der Waals surface area contributed by atoms with Crippen LogP contribution in [-0.4, -0.2) is 23.4 Å². The number of anilines is 1. The molecule has 1 aliphatic carbocycles. The van der Waals surface area contributed by atoms with Crippen molar-refractivity contribution in [1.29, 1.82) is 0 Å². The van der Waals surface area contributed by atoms with Crippen molar-refractivity contribution in [2.24, 2.45) is 5.41 Å². The highest BCUT2D eigenvalue weighted by atomic mass is 19.1. The lowest BCUT2D eigenvalue weighted by atomic mass is 9.73. The second-order valence-corrected chi connectivity index (χ2v) is 8.64. The topological polar surface area (TPSA) is 77.4 Å². The number of methoxy groups -OCH3 is 1. The van der Waals surface area contributed by atoms with Crippen molar-refractivity contribution in [3.63, 3.8) is 0 Å². The van der Waals surface area contributed by atoms with Gasteiger partial charge in [0.15, 0.2) is 5.78 Å². The lowest BCUT2D eigenvalue weighted by molar-refractivity contribution is 0.0910. The maximum absolute atomic E-state index is 13.5. The van der Waals surface area contributed by atoms with Crippen LogP contribution >= 0.6 is 0 Å². The van der Waals surface area contributed by atoms with Gasteiger partial charge >= 0.3 is 0 Å². The first-order chi connectivity index (χ1) is 15.2. The summed E-state index contributed by atoms with van der Waals surface area (Å²) in [6.45, 7) is 3.86. The number of carbonyl (C=O) groups is 2. The van der Waals surface area contributed by atoms with Crippen molar-refractivity contribution in [2.75, 3.05) is 12.4 Å². The standard InChI is InChI=1S/C25H23FN2O4/c1-25(2)12-17-18(20(29)13-25)14-28(16-10-8-15(26)9-11-16)24(31)22(17)23(30)27-19-6-4-5-7-21(19)32-3/h4-11,14H,12-13H2,1-3H3,(H,27,30). The summed E-state index contributed by atoms with van der Waals surface area (Å²) in [5, 5.41) is 2.75. The van der Waals surface area contributed by atoms with Gasteiger partial charge in [-0.05, 0) is 53.8 Å². The highest BCUT2D eigenvalue weighted by Crippen LogP contribution is 2.36. The first-order valence-electron chi connectivity index (χ1n) is 10.2. The maximum Gasteiger partial charge on any atom is 0.268 e. The van der Waals surface area contributed by atoms with E-state index in [1.807, 2.05) is 13.8 Å². The average molecular weight is 434 g/mol. The van der Waals surface area contributed by atoms with E-state index >= 15 is 0 Å².